The molecule has 7 heteroatoms. The molecule has 1 heterocycles. The van der Waals surface area contributed by atoms with Crippen molar-refractivity contribution < 1.29 is 14.3 Å². The number of primary amides is 1. The number of aromatic nitrogens is 1. The monoisotopic (exact) mass is 376 g/mol. The van der Waals surface area contributed by atoms with Crippen LogP contribution in [0, 0.1) is 6.92 Å². The average molecular weight is 377 g/mol. The predicted octanol–water partition coefficient (Wildman–Crippen LogP) is 4.07. The fourth-order valence-electron chi connectivity index (χ4n) is 2.66. The van der Waals surface area contributed by atoms with Crippen molar-refractivity contribution in [2.24, 2.45) is 5.73 Å². The van der Waals surface area contributed by atoms with Crippen LogP contribution in [0.15, 0.2) is 42.6 Å². The normalized spacial score (nSPS) is 10.8. The zero-order valence-electron chi connectivity index (χ0n) is 13.3. The molecule has 1 aromatic heterocycles. The molecule has 0 aliphatic carbocycles. The van der Waals surface area contributed by atoms with Crippen molar-refractivity contribution in [1.29, 1.82) is 0 Å². The van der Waals surface area contributed by atoms with Gasteiger partial charge in [0.15, 0.2) is 6.61 Å². The minimum Gasteiger partial charge on any atom is -0.482 e. The largest absolute Gasteiger partial charge is 0.482 e. The van der Waals surface area contributed by atoms with Crippen molar-refractivity contribution in [3.8, 4) is 5.75 Å². The van der Waals surface area contributed by atoms with Crippen LogP contribution in [-0.2, 0) is 0 Å². The molecule has 5 nitrogen and oxygen atoms in total. The summed E-state index contributed by atoms with van der Waals surface area (Å²) in [6.45, 7) is 1.53. The molecule has 0 fully saturated rings. The number of nitrogens with two attached hydrogens (primary N) is 1. The number of nitrogens with zero attached hydrogens (tertiary/aromatic N) is 1. The van der Waals surface area contributed by atoms with Gasteiger partial charge in [-0.25, -0.2) is 0 Å². The van der Waals surface area contributed by atoms with Gasteiger partial charge in [0.2, 0.25) is 0 Å². The maximum absolute atomic E-state index is 12.6. The number of rotatable bonds is 4. The molecule has 0 aliphatic rings. The van der Waals surface area contributed by atoms with Crippen molar-refractivity contribution in [2.75, 3.05) is 6.61 Å². The van der Waals surface area contributed by atoms with E-state index in [2.05, 4.69) is 0 Å². The molecule has 0 saturated heterocycles. The van der Waals surface area contributed by atoms with Crippen LogP contribution in [-0.4, -0.2) is 23.0 Å². The van der Waals surface area contributed by atoms with Crippen LogP contribution in [0.4, 0.5) is 0 Å². The van der Waals surface area contributed by atoms with Crippen molar-refractivity contribution in [3.05, 3.63) is 63.8 Å². The molecule has 0 radical (unpaired) electrons. The number of hydrogen-bond donors (Lipinski definition) is 1. The summed E-state index contributed by atoms with van der Waals surface area (Å²) in [5, 5.41) is 1.43. The topological polar surface area (TPSA) is 74.3 Å². The molecule has 3 rings (SSSR count). The molecule has 0 saturated carbocycles. The van der Waals surface area contributed by atoms with Crippen LogP contribution in [0.1, 0.15) is 20.7 Å². The molecular weight excluding hydrogens is 363 g/mol. The number of ether oxygens (including phenoxy) is 1. The van der Waals surface area contributed by atoms with E-state index in [1.807, 2.05) is 0 Å². The number of benzene rings is 2. The molecule has 3 aromatic rings. The number of fused-ring (bicyclic) bond motifs is 1. The second-order valence-corrected chi connectivity index (χ2v) is 6.35. The summed E-state index contributed by atoms with van der Waals surface area (Å²) in [4.78, 5) is 24.2. The first-order valence-corrected chi connectivity index (χ1v) is 8.15. The average Bonchev–Trinajstić information content (AvgIpc) is 2.93. The number of amides is 1. The Bertz CT molecular complexity index is 972. The van der Waals surface area contributed by atoms with Crippen molar-refractivity contribution >= 4 is 45.9 Å². The molecule has 0 atom stereocenters. The Kier molecular flexibility index (Phi) is 4.70. The second-order valence-electron chi connectivity index (χ2n) is 5.51. The molecule has 0 aliphatic heterocycles. The molecule has 0 bridgehead atoms. The molecule has 128 valence electrons. The quantitative estimate of drug-likeness (QED) is 0.745. The van der Waals surface area contributed by atoms with E-state index in [1.54, 1.807) is 43.3 Å². The zero-order chi connectivity index (χ0) is 18.1. The number of carbonyl (C=O) groups excluding carboxylic acids is 2. The van der Waals surface area contributed by atoms with Gasteiger partial charge in [-0.05, 0) is 30.7 Å². The highest BCUT2D eigenvalue weighted by Crippen LogP contribution is 2.32. The Morgan fingerprint density at radius 1 is 1.20 bits per heavy atom. The first kappa shape index (κ1) is 17.3. The van der Waals surface area contributed by atoms with E-state index in [0.717, 1.165) is 5.56 Å². The fourth-order valence-corrected chi connectivity index (χ4v) is 3.31. The van der Waals surface area contributed by atoms with Gasteiger partial charge in [0.05, 0.1) is 16.1 Å². The SMILES string of the molecule is Cc1cc(Cl)cc(Cl)c1OCC(=O)n1cc(C(N)=O)c2ccccc21. The third kappa shape index (κ3) is 3.34. The Morgan fingerprint density at radius 2 is 1.92 bits per heavy atom. The predicted molar refractivity (Wildman–Crippen MR) is 97.8 cm³/mol. The second kappa shape index (κ2) is 6.78. The summed E-state index contributed by atoms with van der Waals surface area (Å²) in [6, 6.07) is 10.3. The van der Waals surface area contributed by atoms with E-state index in [0.29, 0.717) is 26.7 Å². The van der Waals surface area contributed by atoms with Crippen LogP contribution in [0.25, 0.3) is 10.9 Å². The van der Waals surface area contributed by atoms with Gasteiger partial charge in [-0.3, -0.25) is 14.2 Å². The first-order valence-electron chi connectivity index (χ1n) is 7.40. The standard InChI is InChI=1S/C18H14Cl2N2O3/c1-10-6-11(19)7-14(20)17(10)25-9-16(23)22-8-13(18(21)24)12-4-2-3-5-15(12)22/h2-8H,9H2,1H3,(H2,21,24). The summed E-state index contributed by atoms with van der Waals surface area (Å²) >= 11 is 12.0. The van der Waals surface area contributed by atoms with Gasteiger partial charge in [0, 0.05) is 16.6 Å². The first-order chi connectivity index (χ1) is 11.9. The molecule has 2 N–H and O–H groups in total. The van der Waals surface area contributed by atoms with E-state index < -0.39 is 5.91 Å². The van der Waals surface area contributed by atoms with E-state index >= 15 is 0 Å². The van der Waals surface area contributed by atoms with Gasteiger partial charge in [-0.1, -0.05) is 41.4 Å². The maximum atomic E-state index is 12.6. The minimum atomic E-state index is -0.597. The molecule has 1 amide bonds. The maximum Gasteiger partial charge on any atom is 0.269 e. The van der Waals surface area contributed by atoms with Crippen LogP contribution in [0.3, 0.4) is 0 Å². The Balaban J connectivity index is 1.90. The van der Waals surface area contributed by atoms with Gasteiger partial charge in [0.1, 0.15) is 5.75 Å². The summed E-state index contributed by atoms with van der Waals surface area (Å²) in [6.07, 6.45) is 1.43. The highest BCUT2D eigenvalue weighted by Gasteiger charge is 2.17. The van der Waals surface area contributed by atoms with Gasteiger partial charge in [-0.15, -0.1) is 0 Å². The van der Waals surface area contributed by atoms with Crippen LogP contribution >= 0.6 is 23.2 Å². The molecular formula is C18H14Cl2N2O3. The fraction of sp³-hybridized carbons (Fsp3) is 0.111. The number of carbonyl (C=O) groups is 2. The van der Waals surface area contributed by atoms with Crippen molar-refractivity contribution in [1.82, 2.24) is 4.57 Å². The molecule has 2 aromatic carbocycles. The third-order valence-corrected chi connectivity index (χ3v) is 4.28. The van der Waals surface area contributed by atoms with Crippen molar-refractivity contribution in [3.63, 3.8) is 0 Å². The number of hydrogen-bond acceptors (Lipinski definition) is 3. The molecule has 25 heavy (non-hydrogen) atoms. The van der Waals surface area contributed by atoms with Gasteiger partial charge >= 0.3 is 0 Å². The zero-order valence-corrected chi connectivity index (χ0v) is 14.8. The van der Waals surface area contributed by atoms with Crippen LogP contribution in [0.2, 0.25) is 10.0 Å². The van der Waals surface area contributed by atoms with Crippen molar-refractivity contribution in [2.45, 2.75) is 6.92 Å². The van der Waals surface area contributed by atoms with E-state index in [4.69, 9.17) is 33.7 Å². The minimum absolute atomic E-state index is 0.251. The lowest BCUT2D eigenvalue weighted by atomic mass is 10.2. The Morgan fingerprint density at radius 3 is 2.60 bits per heavy atom. The van der Waals surface area contributed by atoms with Gasteiger partial charge in [0.25, 0.3) is 11.8 Å². The molecule has 0 unspecified atom stereocenters. The number of halogens is 2. The Hall–Kier alpha value is -2.50. The highest BCUT2D eigenvalue weighted by atomic mass is 35.5. The Labute approximate surface area is 153 Å². The third-order valence-electron chi connectivity index (χ3n) is 3.78. The van der Waals surface area contributed by atoms with Gasteiger partial charge < -0.3 is 10.5 Å². The molecule has 0 spiro atoms. The summed E-state index contributed by atoms with van der Waals surface area (Å²) in [7, 11) is 0. The van der Waals surface area contributed by atoms with Crippen LogP contribution < -0.4 is 10.5 Å². The lowest BCUT2D eigenvalue weighted by molar-refractivity contribution is 0.0843. The van der Waals surface area contributed by atoms with E-state index in [1.165, 1.54) is 10.8 Å². The summed E-state index contributed by atoms with van der Waals surface area (Å²) in [5.41, 5.74) is 6.98. The van der Waals surface area contributed by atoms with E-state index in [9.17, 15) is 9.59 Å². The summed E-state index contributed by atoms with van der Waals surface area (Å²) in [5.74, 6) is -0.555. The van der Waals surface area contributed by atoms with E-state index in [-0.39, 0.29) is 18.1 Å². The van der Waals surface area contributed by atoms with Gasteiger partial charge in [-0.2, -0.15) is 0 Å². The smallest absolute Gasteiger partial charge is 0.269 e. The number of aryl methyl sites for hydroxylation is 1. The highest BCUT2D eigenvalue weighted by molar-refractivity contribution is 6.35. The lowest BCUT2D eigenvalue weighted by Crippen LogP contribution is -2.19. The van der Waals surface area contributed by atoms with Crippen LogP contribution in [0.5, 0.6) is 5.75 Å². The number of para-hydroxylation sites is 1. The summed E-state index contributed by atoms with van der Waals surface area (Å²) < 4.78 is 6.94. The lowest BCUT2D eigenvalue weighted by Gasteiger charge is -2.11.